The third-order valence-corrected chi connectivity index (χ3v) is 4.00. The first-order chi connectivity index (χ1) is 6.75. The minimum atomic E-state index is -4.18. The van der Waals surface area contributed by atoms with E-state index in [1.807, 2.05) is 0 Å². The van der Waals surface area contributed by atoms with Crippen LogP contribution in [0.25, 0.3) is 0 Å². The van der Waals surface area contributed by atoms with Gasteiger partial charge in [0.1, 0.15) is 0 Å². The first kappa shape index (κ1) is 13.1. The van der Waals surface area contributed by atoms with Crippen molar-refractivity contribution in [3.8, 4) is 0 Å². The van der Waals surface area contributed by atoms with Crippen molar-refractivity contribution in [1.82, 2.24) is 4.98 Å². The smallest absolute Gasteiger partial charge is 0.241 e. The van der Waals surface area contributed by atoms with Gasteiger partial charge in [-0.1, -0.05) is 11.6 Å². The molecular formula is C6H2BrCl2F2NO2S. The van der Waals surface area contributed by atoms with Gasteiger partial charge in [-0.25, -0.2) is 22.2 Å². The molecule has 1 aromatic heterocycles. The molecule has 0 spiro atoms. The van der Waals surface area contributed by atoms with E-state index in [1.165, 1.54) is 0 Å². The van der Waals surface area contributed by atoms with E-state index in [0.29, 0.717) is 0 Å². The van der Waals surface area contributed by atoms with E-state index in [2.05, 4.69) is 20.9 Å². The van der Waals surface area contributed by atoms with Crippen LogP contribution in [0.2, 0.25) is 5.02 Å². The average Bonchev–Trinajstić information content (AvgIpc) is 2.00. The van der Waals surface area contributed by atoms with E-state index in [9.17, 15) is 17.2 Å². The van der Waals surface area contributed by atoms with Crippen LogP contribution in [0.5, 0.6) is 0 Å². The van der Waals surface area contributed by atoms with Crippen molar-refractivity contribution in [2.45, 2.75) is 11.5 Å². The van der Waals surface area contributed by atoms with Gasteiger partial charge in [0.05, 0.1) is 15.1 Å². The summed E-state index contributed by atoms with van der Waals surface area (Å²) < 4.78 is 46.4. The standard InChI is InChI=1S/C6H2BrCl2F2NO2S/c7-4-3(5(10)11)2(8)1-12-6(4)15(9,13)14/h1,5H. The summed E-state index contributed by atoms with van der Waals surface area (Å²) in [6, 6.07) is 0. The predicted octanol–water partition coefficient (Wildman–Crippen LogP) is 3.36. The van der Waals surface area contributed by atoms with Gasteiger partial charge in [0.2, 0.25) is 0 Å². The Bertz CT molecular complexity index is 494. The second-order valence-electron chi connectivity index (χ2n) is 2.38. The number of alkyl halides is 2. The third-order valence-electron chi connectivity index (χ3n) is 1.43. The zero-order valence-electron chi connectivity index (χ0n) is 6.72. The lowest BCUT2D eigenvalue weighted by Crippen LogP contribution is -2.01. The van der Waals surface area contributed by atoms with Gasteiger partial charge < -0.3 is 0 Å². The van der Waals surface area contributed by atoms with Crippen LogP contribution in [0.15, 0.2) is 15.7 Å². The molecule has 0 unspecified atom stereocenters. The van der Waals surface area contributed by atoms with Gasteiger partial charge in [0.25, 0.3) is 15.5 Å². The van der Waals surface area contributed by atoms with Crippen molar-refractivity contribution in [3.63, 3.8) is 0 Å². The molecule has 1 aromatic rings. The van der Waals surface area contributed by atoms with Crippen LogP contribution >= 0.6 is 38.2 Å². The van der Waals surface area contributed by atoms with Crippen LogP contribution in [-0.4, -0.2) is 13.4 Å². The van der Waals surface area contributed by atoms with E-state index in [0.717, 1.165) is 6.20 Å². The number of hydrogen-bond donors (Lipinski definition) is 0. The highest BCUT2D eigenvalue weighted by molar-refractivity contribution is 9.10. The molecule has 0 aliphatic rings. The van der Waals surface area contributed by atoms with Crippen LogP contribution < -0.4 is 0 Å². The van der Waals surface area contributed by atoms with Crippen LogP contribution in [0, 0.1) is 0 Å². The fourth-order valence-electron chi connectivity index (χ4n) is 0.832. The molecule has 0 aliphatic heterocycles. The lowest BCUT2D eigenvalue weighted by atomic mass is 10.3. The summed E-state index contributed by atoms with van der Waals surface area (Å²) in [4.78, 5) is 3.36. The van der Waals surface area contributed by atoms with Gasteiger partial charge >= 0.3 is 0 Å². The van der Waals surface area contributed by atoms with E-state index in [1.54, 1.807) is 0 Å². The van der Waals surface area contributed by atoms with Crippen molar-refractivity contribution in [3.05, 3.63) is 21.3 Å². The summed E-state index contributed by atoms with van der Waals surface area (Å²) >= 11 is 8.11. The molecule has 0 radical (unpaired) electrons. The third kappa shape index (κ3) is 2.77. The van der Waals surface area contributed by atoms with Crippen molar-refractivity contribution in [2.75, 3.05) is 0 Å². The monoisotopic (exact) mass is 339 g/mol. The Morgan fingerprint density at radius 2 is 2.00 bits per heavy atom. The molecular weight excluding hydrogens is 339 g/mol. The van der Waals surface area contributed by atoms with Crippen LogP contribution in [0.3, 0.4) is 0 Å². The second kappa shape index (κ2) is 4.48. The Kier molecular flexibility index (Phi) is 3.91. The van der Waals surface area contributed by atoms with Crippen LogP contribution in [0.1, 0.15) is 12.0 Å². The fraction of sp³-hybridized carbons (Fsp3) is 0.167. The molecule has 15 heavy (non-hydrogen) atoms. The number of pyridine rings is 1. The quantitative estimate of drug-likeness (QED) is 0.775. The van der Waals surface area contributed by atoms with Crippen molar-refractivity contribution >= 4 is 47.3 Å². The molecule has 9 heteroatoms. The lowest BCUT2D eigenvalue weighted by Gasteiger charge is -2.07. The first-order valence-electron chi connectivity index (χ1n) is 3.32. The van der Waals surface area contributed by atoms with Gasteiger partial charge in [-0.3, -0.25) is 0 Å². The molecule has 0 bridgehead atoms. The van der Waals surface area contributed by atoms with Crippen molar-refractivity contribution < 1.29 is 17.2 Å². The molecule has 0 saturated carbocycles. The number of aromatic nitrogens is 1. The molecule has 3 nitrogen and oxygen atoms in total. The van der Waals surface area contributed by atoms with Crippen LogP contribution in [-0.2, 0) is 9.05 Å². The molecule has 1 heterocycles. The molecule has 0 aliphatic carbocycles. The number of nitrogens with zero attached hydrogens (tertiary/aromatic N) is 1. The largest absolute Gasteiger partial charge is 0.279 e. The van der Waals surface area contributed by atoms with E-state index < -0.39 is 30.5 Å². The first-order valence-corrected chi connectivity index (χ1v) is 6.80. The zero-order chi connectivity index (χ0) is 11.8. The molecule has 1 rings (SSSR count). The minimum absolute atomic E-state index is 0.332. The highest BCUT2D eigenvalue weighted by Crippen LogP contribution is 2.37. The van der Waals surface area contributed by atoms with Gasteiger partial charge in [-0.2, -0.15) is 0 Å². The number of halogens is 5. The average molecular weight is 341 g/mol. The van der Waals surface area contributed by atoms with E-state index in [4.69, 9.17) is 22.3 Å². The molecule has 0 atom stereocenters. The van der Waals surface area contributed by atoms with Gasteiger partial charge in [-0.05, 0) is 15.9 Å². The summed E-state index contributed by atoms with van der Waals surface area (Å²) in [5, 5.41) is -1.01. The normalized spacial score (nSPS) is 12.1. The topological polar surface area (TPSA) is 47.0 Å². The maximum atomic E-state index is 12.5. The highest BCUT2D eigenvalue weighted by Gasteiger charge is 2.25. The summed E-state index contributed by atoms with van der Waals surface area (Å²) in [6.45, 7) is 0. The summed E-state index contributed by atoms with van der Waals surface area (Å²) in [5.41, 5.74) is -0.647. The Morgan fingerprint density at radius 1 is 1.47 bits per heavy atom. The van der Waals surface area contributed by atoms with Crippen molar-refractivity contribution in [2.24, 2.45) is 0 Å². The maximum Gasteiger partial charge on any atom is 0.279 e. The van der Waals surface area contributed by atoms with Crippen molar-refractivity contribution in [1.29, 1.82) is 0 Å². The number of rotatable bonds is 2. The number of hydrogen-bond acceptors (Lipinski definition) is 3. The van der Waals surface area contributed by atoms with Gasteiger partial charge in [-0.15, -0.1) is 0 Å². The SMILES string of the molecule is O=S(=O)(Cl)c1ncc(Cl)c(C(F)F)c1Br. The Hall–Kier alpha value is 0.0200. The van der Waals surface area contributed by atoms with Gasteiger partial charge in [0.15, 0.2) is 5.03 Å². The maximum absolute atomic E-state index is 12.5. The summed E-state index contributed by atoms with van der Waals surface area (Å²) in [6.07, 6.45) is -2.12. The molecule has 0 fully saturated rings. The molecule has 0 amide bonds. The fourth-order valence-corrected chi connectivity index (χ4v) is 3.43. The van der Waals surface area contributed by atoms with Crippen LogP contribution in [0.4, 0.5) is 8.78 Å². The van der Waals surface area contributed by atoms with E-state index >= 15 is 0 Å². The Morgan fingerprint density at radius 3 is 2.40 bits per heavy atom. The summed E-state index contributed by atoms with van der Waals surface area (Å²) in [5.74, 6) is 0. The Balaban J connectivity index is 3.56. The molecule has 0 aromatic carbocycles. The highest BCUT2D eigenvalue weighted by atomic mass is 79.9. The molecule has 0 N–H and O–H groups in total. The molecule has 0 saturated heterocycles. The Labute approximate surface area is 102 Å². The molecule has 84 valence electrons. The predicted molar refractivity (Wildman–Crippen MR) is 54.9 cm³/mol. The minimum Gasteiger partial charge on any atom is -0.241 e. The van der Waals surface area contributed by atoms with E-state index in [-0.39, 0.29) is 5.02 Å². The summed E-state index contributed by atoms with van der Waals surface area (Å²) in [7, 11) is 0.801. The van der Waals surface area contributed by atoms with Gasteiger partial charge in [0, 0.05) is 16.9 Å². The lowest BCUT2D eigenvalue weighted by molar-refractivity contribution is 0.150. The second-order valence-corrected chi connectivity index (χ2v) is 6.06. The zero-order valence-corrected chi connectivity index (χ0v) is 10.6.